The molecular formula is C30H35N7O2. The topological polar surface area (TPSA) is 94.6 Å². The van der Waals surface area contributed by atoms with Crippen molar-refractivity contribution in [2.24, 2.45) is 11.8 Å². The van der Waals surface area contributed by atoms with Crippen LogP contribution >= 0.6 is 0 Å². The second-order valence-corrected chi connectivity index (χ2v) is 10.2. The van der Waals surface area contributed by atoms with Gasteiger partial charge < -0.3 is 30.5 Å². The molecule has 0 spiro atoms. The average Bonchev–Trinajstić information content (AvgIpc) is 3.51. The number of fused-ring (bicyclic) bond motifs is 1. The highest BCUT2D eigenvalue weighted by molar-refractivity contribution is 5.99. The van der Waals surface area contributed by atoms with Gasteiger partial charge in [-0.15, -0.1) is 0 Å². The van der Waals surface area contributed by atoms with Crippen molar-refractivity contribution in [3.05, 3.63) is 79.2 Å². The van der Waals surface area contributed by atoms with E-state index >= 15 is 0 Å². The van der Waals surface area contributed by atoms with Gasteiger partial charge in [0, 0.05) is 78.6 Å². The van der Waals surface area contributed by atoms with Gasteiger partial charge in [-0.25, -0.2) is 4.98 Å². The number of anilines is 6. The maximum Gasteiger partial charge on any atom is 0.247 e. The SMILES string of the molecule is C=CC(=O)Nc1cccc(Nc2nc(Nc3ccc(N4C[C@H]5CN(C(=C)C)C[C@H]5C4)cc3OC)ncc2C)c1. The monoisotopic (exact) mass is 525 g/mol. The molecule has 0 unspecified atom stereocenters. The van der Waals surface area contributed by atoms with Crippen LogP contribution in [-0.4, -0.2) is 54.1 Å². The van der Waals surface area contributed by atoms with E-state index in [2.05, 4.69) is 62.9 Å². The smallest absolute Gasteiger partial charge is 0.247 e. The third kappa shape index (κ3) is 5.82. The molecule has 39 heavy (non-hydrogen) atoms. The molecule has 2 saturated heterocycles. The first-order chi connectivity index (χ1) is 18.8. The normalized spacial score (nSPS) is 17.9. The zero-order valence-corrected chi connectivity index (χ0v) is 22.7. The quantitative estimate of drug-likeness (QED) is 0.324. The maximum absolute atomic E-state index is 11.7. The first-order valence-corrected chi connectivity index (χ1v) is 13.1. The van der Waals surface area contributed by atoms with Crippen LogP contribution in [0.15, 0.2) is 73.6 Å². The van der Waals surface area contributed by atoms with Crippen molar-refractivity contribution >= 4 is 40.4 Å². The van der Waals surface area contributed by atoms with Crippen molar-refractivity contribution in [3.8, 4) is 5.75 Å². The number of aryl methyl sites for hydroxylation is 1. The summed E-state index contributed by atoms with van der Waals surface area (Å²) in [6, 6.07) is 13.6. The third-order valence-corrected chi connectivity index (χ3v) is 7.37. The maximum atomic E-state index is 11.7. The van der Waals surface area contributed by atoms with Gasteiger partial charge in [0.2, 0.25) is 11.9 Å². The van der Waals surface area contributed by atoms with Crippen LogP contribution in [0.5, 0.6) is 5.75 Å². The van der Waals surface area contributed by atoms with Crippen LogP contribution in [0.2, 0.25) is 0 Å². The summed E-state index contributed by atoms with van der Waals surface area (Å²) >= 11 is 0. The molecule has 202 valence electrons. The van der Waals surface area contributed by atoms with Crippen molar-refractivity contribution < 1.29 is 9.53 Å². The standard InChI is InChI=1S/C30H35N7O2/c1-6-28(38)32-23-8-7-9-24(12-23)33-29-20(4)14-31-30(35-29)34-26-11-10-25(13-27(26)39-5)37-17-21-15-36(19(2)3)16-22(21)18-37/h6-14,21-22H,1-2,15-18H2,3-5H3,(H,32,38)(H2,31,33,34,35)/t21-,22+. The number of allylic oxidation sites excluding steroid dienone is 1. The number of methoxy groups -OCH3 is 1. The van der Waals surface area contributed by atoms with Crippen LogP contribution in [0, 0.1) is 18.8 Å². The Morgan fingerprint density at radius 1 is 1.08 bits per heavy atom. The van der Waals surface area contributed by atoms with Gasteiger partial charge in [0.25, 0.3) is 0 Å². The summed E-state index contributed by atoms with van der Waals surface area (Å²) in [7, 11) is 1.68. The lowest BCUT2D eigenvalue weighted by Gasteiger charge is -2.25. The number of nitrogens with one attached hydrogen (secondary N) is 3. The van der Waals surface area contributed by atoms with Crippen LogP contribution in [0.4, 0.5) is 34.5 Å². The molecule has 0 aliphatic carbocycles. The fraction of sp³-hybridized carbons (Fsp3) is 0.300. The fourth-order valence-corrected chi connectivity index (χ4v) is 5.25. The predicted octanol–water partition coefficient (Wildman–Crippen LogP) is 5.31. The number of ether oxygens (including phenoxy) is 1. The van der Waals surface area contributed by atoms with Crippen molar-refractivity contribution in [1.82, 2.24) is 14.9 Å². The number of nitrogens with zero attached hydrogens (tertiary/aromatic N) is 4. The molecule has 9 heteroatoms. The van der Waals surface area contributed by atoms with Crippen molar-refractivity contribution in [1.29, 1.82) is 0 Å². The molecule has 3 N–H and O–H groups in total. The van der Waals surface area contributed by atoms with E-state index in [4.69, 9.17) is 9.72 Å². The highest BCUT2D eigenvalue weighted by atomic mass is 16.5. The summed E-state index contributed by atoms with van der Waals surface area (Å²) < 4.78 is 5.74. The summed E-state index contributed by atoms with van der Waals surface area (Å²) in [5.41, 5.74) is 5.44. The first-order valence-electron chi connectivity index (χ1n) is 13.1. The Kier molecular flexibility index (Phi) is 7.40. The Balaban J connectivity index is 1.28. The molecule has 5 rings (SSSR count). The molecule has 2 fully saturated rings. The number of hydrogen-bond acceptors (Lipinski definition) is 8. The molecule has 9 nitrogen and oxygen atoms in total. The minimum Gasteiger partial charge on any atom is -0.494 e. The Hall–Kier alpha value is -4.53. The van der Waals surface area contributed by atoms with E-state index in [1.165, 1.54) is 6.08 Å². The lowest BCUT2D eigenvalue weighted by molar-refractivity contribution is -0.111. The van der Waals surface area contributed by atoms with Gasteiger partial charge in [-0.1, -0.05) is 19.2 Å². The number of rotatable bonds is 9. The van der Waals surface area contributed by atoms with Crippen LogP contribution < -0.4 is 25.6 Å². The molecule has 0 bridgehead atoms. The lowest BCUT2D eigenvalue weighted by Crippen LogP contribution is -2.27. The van der Waals surface area contributed by atoms with Gasteiger partial charge >= 0.3 is 0 Å². The van der Waals surface area contributed by atoms with Crippen molar-refractivity contribution in [3.63, 3.8) is 0 Å². The molecule has 2 atom stereocenters. The molecule has 3 aromatic rings. The number of hydrogen-bond donors (Lipinski definition) is 3. The Bertz CT molecular complexity index is 1390. The third-order valence-electron chi connectivity index (χ3n) is 7.37. The largest absolute Gasteiger partial charge is 0.494 e. The predicted molar refractivity (Wildman–Crippen MR) is 157 cm³/mol. The van der Waals surface area contributed by atoms with Crippen LogP contribution in [0.25, 0.3) is 0 Å². The Morgan fingerprint density at radius 2 is 1.82 bits per heavy atom. The van der Waals surface area contributed by atoms with Gasteiger partial charge in [-0.05, 0) is 50.3 Å². The summed E-state index contributed by atoms with van der Waals surface area (Å²) in [6.07, 6.45) is 3.00. The van der Waals surface area contributed by atoms with E-state index in [1.807, 2.05) is 37.3 Å². The number of carbonyl (C=O) groups is 1. The minimum absolute atomic E-state index is 0.265. The molecule has 2 aliphatic rings. The van der Waals surface area contributed by atoms with E-state index in [-0.39, 0.29) is 5.91 Å². The van der Waals surface area contributed by atoms with Gasteiger partial charge in [-0.3, -0.25) is 4.79 Å². The average molecular weight is 526 g/mol. The summed E-state index contributed by atoms with van der Waals surface area (Å²) in [5.74, 6) is 2.90. The molecule has 2 aliphatic heterocycles. The molecular weight excluding hydrogens is 490 g/mol. The van der Waals surface area contributed by atoms with Crippen LogP contribution in [-0.2, 0) is 4.79 Å². The van der Waals surface area contributed by atoms with Gasteiger partial charge in [0.1, 0.15) is 11.6 Å². The fourth-order valence-electron chi connectivity index (χ4n) is 5.25. The highest BCUT2D eigenvalue weighted by Crippen LogP contribution is 2.38. The van der Waals surface area contributed by atoms with E-state index < -0.39 is 0 Å². The zero-order valence-electron chi connectivity index (χ0n) is 22.7. The molecule has 0 saturated carbocycles. The van der Waals surface area contributed by atoms with E-state index in [0.717, 1.165) is 60.3 Å². The van der Waals surface area contributed by atoms with E-state index in [1.54, 1.807) is 13.3 Å². The van der Waals surface area contributed by atoms with Crippen molar-refractivity contribution in [2.45, 2.75) is 13.8 Å². The van der Waals surface area contributed by atoms with Crippen LogP contribution in [0.1, 0.15) is 12.5 Å². The molecule has 1 aromatic heterocycles. The lowest BCUT2D eigenvalue weighted by atomic mass is 10.0. The second kappa shape index (κ2) is 11.1. The number of aromatic nitrogens is 2. The zero-order chi connectivity index (χ0) is 27.5. The van der Waals surface area contributed by atoms with Gasteiger partial charge in [0.05, 0.1) is 12.8 Å². The first kappa shape index (κ1) is 26.1. The highest BCUT2D eigenvalue weighted by Gasteiger charge is 2.40. The number of carbonyl (C=O) groups excluding carboxylic acids is 1. The molecule has 1 amide bonds. The second-order valence-electron chi connectivity index (χ2n) is 10.2. The summed E-state index contributed by atoms with van der Waals surface area (Å²) in [5, 5.41) is 9.39. The summed E-state index contributed by atoms with van der Waals surface area (Å²) in [6.45, 7) is 15.9. The van der Waals surface area contributed by atoms with Crippen molar-refractivity contribution in [2.75, 3.05) is 54.1 Å². The minimum atomic E-state index is -0.265. The number of likely N-dealkylation sites (tertiary alicyclic amines) is 1. The van der Waals surface area contributed by atoms with Gasteiger partial charge in [0.15, 0.2) is 0 Å². The molecule has 0 radical (unpaired) electrons. The molecule has 3 heterocycles. The van der Waals surface area contributed by atoms with Crippen LogP contribution in [0.3, 0.4) is 0 Å². The number of amides is 1. The number of benzene rings is 2. The Morgan fingerprint density at radius 3 is 2.51 bits per heavy atom. The molecule has 2 aromatic carbocycles. The Labute approximate surface area is 229 Å². The van der Waals surface area contributed by atoms with Gasteiger partial charge in [-0.2, -0.15) is 4.98 Å². The summed E-state index contributed by atoms with van der Waals surface area (Å²) in [4.78, 5) is 25.7. The van der Waals surface area contributed by atoms with E-state index in [0.29, 0.717) is 29.3 Å². The van der Waals surface area contributed by atoms with E-state index in [9.17, 15) is 4.79 Å².